The third-order valence-electron chi connectivity index (χ3n) is 9.33. The van der Waals surface area contributed by atoms with Crippen molar-refractivity contribution in [2.75, 3.05) is 51.3 Å². The molecule has 0 spiro atoms. The second-order valence-corrected chi connectivity index (χ2v) is 12.3. The predicted octanol–water partition coefficient (Wildman–Crippen LogP) is -0.130. The van der Waals surface area contributed by atoms with Gasteiger partial charge in [-0.2, -0.15) is 0 Å². The normalized spacial score (nSPS) is 20.6. The van der Waals surface area contributed by atoms with Crippen molar-refractivity contribution in [1.29, 1.82) is 0 Å². The smallest absolute Gasteiger partial charge is 0.352 e. The number of aliphatic carboxylic acids is 2. The van der Waals surface area contributed by atoms with Crippen LogP contribution < -0.4 is 26.3 Å². The number of aromatic hydroxyl groups is 1. The molecule has 6 rings (SSSR count). The average Bonchev–Trinajstić information content (AvgIpc) is 3.13. The third kappa shape index (κ3) is 6.09. The molecule has 4 heterocycles. The monoisotopic (exact) mass is 722 g/mol. The molecule has 2 aromatic carbocycles. The first-order valence-electron chi connectivity index (χ1n) is 16.2. The van der Waals surface area contributed by atoms with Gasteiger partial charge in [-0.05, 0) is 36.8 Å². The number of carbonyl (C=O) groups is 5. The zero-order valence-corrected chi connectivity index (χ0v) is 28.0. The zero-order valence-electron chi connectivity index (χ0n) is 28.0. The number of phenolic OH excluding ortho intramolecular Hbond substituents is 1. The molecule has 0 bridgehead atoms. The number of carboxylic acids is 2. The van der Waals surface area contributed by atoms with Gasteiger partial charge in [-0.1, -0.05) is 12.1 Å². The second-order valence-electron chi connectivity index (χ2n) is 12.3. The lowest BCUT2D eigenvalue weighted by Gasteiger charge is -2.55. The number of rotatable bonds is 11. The zero-order chi connectivity index (χ0) is 37.5. The van der Waals surface area contributed by atoms with Crippen LogP contribution in [-0.4, -0.2) is 113 Å². The number of aromatic nitrogens is 1. The van der Waals surface area contributed by atoms with Crippen molar-refractivity contribution in [3.8, 4) is 5.75 Å². The van der Waals surface area contributed by atoms with Crippen LogP contribution in [0.5, 0.6) is 5.75 Å². The van der Waals surface area contributed by atoms with Crippen LogP contribution in [0.4, 0.5) is 10.1 Å². The maximum absolute atomic E-state index is 15.3. The molecule has 1 aromatic heterocycles. The maximum Gasteiger partial charge on any atom is 0.352 e. The van der Waals surface area contributed by atoms with Crippen molar-refractivity contribution in [1.82, 2.24) is 25.4 Å². The average molecular weight is 723 g/mol. The van der Waals surface area contributed by atoms with Crippen LogP contribution in [-0.2, 0) is 35.2 Å². The highest BCUT2D eigenvalue weighted by Crippen LogP contribution is 2.41. The number of ether oxygens (including phenoxy) is 2. The van der Waals surface area contributed by atoms with E-state index in [1.165, 1.54) is 30.5 Å². The van der Waals surface area contributed by atoms with E-state index in [0.29, 0.717) is 48.8 Å². The molecule has 1 unspecified atom stereocenters. The lowest BCUT2D eigenvalue weighted by Crippen LogP contribution is -2.83. The van der Waals surface area contributed by atoms with E-state index in [1.54, 1.807) is 17.6 Å². The van der Waals surface area contributed by atoms with Gasteiger partial charge >= 0.3 is 11.9 Å². The number of nitrogens with zero attached hydrogens (tertiary/aromatic N) is 3. The van der Waals surface area contributed by atoms with E-state index in [0.717, 1.165) is 13.2 Å². The minimum absolute atomic E-state index is 0.0140. The number of phenols is 1. The summed E-state index contributed by atoms with van der Waals surface area (Å²) < 4.78 is 28.0. The number of halogens is 1. The number of nitrogens with one attached hydrogen (secondary N) is 3. The first kappa shape index (κ1) is 36.0. The number of amides is 3. The van der Waals surface area contributed by atoms with Gasteiger partial charge in [0.1, 0.15) is 22.8 Å². The fourth-order valence-corrected chi connectivity index (χ4v) is 6.66. The fraction of sp³-hybridized carbons (Fsp3) is 0.353. The van der Waals surface area contributed by atoms with E-state index >= 15 is 4.39 Å². The van der Waals surface area contributed by atoms with Crippen LogP contribution in [0.3, 0.4) is 0 Å². The van der Waals surface area contributed by atoms with Gasteiger partial charge in [0.2, 0.25) is 11.3 Å². The van der Waals surface area contributed by atoms with Crippen LogP contribution in [0.25, 0.3) is 10.9 Å². The summed E-state index contributed by atoms with van der Waals surface area (Å²) in [6, 6.07) is 7.48. The molecule has 0 aliphatic carbocycles. The van der Waals surface area contributed by atoms with Crippen molar-refractivity contribution in [2.24, 2.45) is 0 Å². The molecule has 2 saturated heterocycles. The number of piperazine rings is 1. The molecular formula is C34H35FN6O11. The van der Waals surface area contributed by atoms with Gasteiger partial charge < -0.3 is 50.2 Å². The molecule has 0 saturated carbocycles. The number of carbonyl (C=O) groups excluding carboxylic acids is 3. The summed E-state index contributed by atoms with van der Waals surface area (Å²) in [6.07, 6.45) is -0.191. The molecule has 3 aliphatic heterocycles. The highest BCUT2D eigenvalue weighted by atomic mass is 19.1. The Morgan fingerprint density at radius 3 is 2.42 bits per heavy atom. The molecule has 52 heavy (non-hydrogen) atoms. The van der Waals surface area contributed by atoms with Gasteiger partial charge in [-0.15, -0.1) is 0 Å². The molecule has 0 radical (unpaired) electrons. The first-order valence-corrected chi connectivity index (χ1v) is 16.2. The van der Waals surface area contributed by atoms with Crippen molar-refractivity contribution in [2.45, 2.75) is 31.3 Å². The molecule has 3 aromatic rings. The van der Waals surface area contributed by atoms with E-state index in [4.69, 9.17) is 9.47 Å². The Labute approximate surface area is 294 Å². The molecule has 3 aliphatic rings. The molecular weight excluding hydrogens is 687 g/mol. The van der Waals surface area contributed by atoms with E-state index in [1.807, 2.05) is 4.90 Å². The van der Waals surface area contributed by atoms with E-state index < -0.39 is 77.6 Å². The number of aryl methyl sites for hydroxylation is 1. The highest BCUT2D eigenvalue weighted by molar-refractivity contribution is 6.08. The number of benzene rings is 2. The summed E-state index contributed by atoms with van der Waals surface area (Å²) in [5.74, 6) is -8.93. The minimum Gasteiger partial charge on any atom is -0.508 e. The van der Waals surface area contributed by atoms with Crippen molar-refractivity contribution in [3.05, 3.63) is 81.0 Å². The SMILES string of the molecule is CCn1cc(C(=O)NCC2=C(C(=O)O)N3C(=O)[C@](NC(=O)C(C(=O)O)c4ccc(O)cc4)(OC)[C@H]3OC2)c(=O)c2cc(F)c(N3CCNCC3)cc21. The molecule has 2 fully saturated rings. The molecule has 274 valence electrons. The predicted molar refractivity (Wildman–Crippen MR) is 179 cm³/mol. The lowest BCUT2D eigenvalue weighted by molar-refractivity contribution is -0.258. The number of carboxylic acid groups (broad SMARTS) is 2. The standard InChI is InChI=1S/C34H35FN6O11/c1-3-39-15-21(27(43)20-12-22(35)24(13-23(20)39)40-10-8-36-9-11-40)28(44)37-14-18-16-52-33-34(51-2,32(50)41(33)26(18)31(48)49)38-29(45)25(30(46)47)17-4-6-19(42)7-5-17/h4-7,12-13,15,25,33,36,42H,3,8-11,14,16H2,1-2H3,(H,37,44)(H,38,45)(H,46,47)(H,48,49)/t25?,33-,34+/m1/s1. The molecule has 6 N–H and O–H groups in total. The Morgan fingerprint density at radius 1 is 1.12 bits per heavy atom. The fourth-order valence-electron chi connectivity index (χ4n) is 6.66. The van der Waals surface area contributed by atoms with Crippen LogP contribution in [0, 0.1) is 5.82 Å². The van der Waals surface area contributed by atoms with Gasteiger partial charge in [0.05, 0.1) is 17.8 Å². The summed E-state index contributed by atoms with van der Waals surface area (Å²) in [7, 11) is 1.04. The Kier molecular flexibility index (Phi) is 9.71. The molecule has 18 heteroatoms. The number of hydrogen-bond acceptors (Lipinski definition) is 11. The topological polar surface area (TPSA) is 229 Å². The van der Waals surface area contributed by atoms with Crippen molar-refractivity contribution in [3.63, 3.8) is 0 Å². The lowest BCUT2D eigenvalue weighted by atomic mass is 9.92. The van der Waals surface area contributed by atoms with Gasteiger partial charge in [-0.3, -0.25) is 28.9 Å². The van der Waals surface area contributed by atoms with Crippen LogP contribution in [0.2, 0.25) is 0 Å². The molecule has 3 amide bonds. The van der Waals surface area contributed by atoms with Crippen LogP contribution >= 0.6 is 0 Å². The minimum atomic E-state index is -2.30. The Morgan fingerprint density at radius 2 is 1.81 bits per heavy atom. The Bertz CT molecular complexity index is 2080. The Balaban J connectivity index is 1.23. The Hall–Kier alpha value is -5.85. The number of anilines is 1. The molecule has 3 atom stereocenters. The van der Waals surface area contributed by atoms with Gasteiger partial charge in [-0.25, -0.2) is 9.18 Å². The number of hydrogen-bond donors (Lipinski definition) is 6. The summed E-state index contributed by atoms with van der Waals surface area (Å²) in [5, 5.41) is 37.4. The van der Waals surface area contributed by atoms with Crippen molar-refractivity contribution < 1.29 is 53.2 Å². The van der Waals surface area contributed by atoms with E-state index in [9.17, 15) is 44.1 Å². The van der Waals surface area contributed by atoms with Crippen molar-refractivity contribution >= 4 is 46.3 Å². The van der Waals surface area contributed by atoms with E-state index in [-0.39, 0.29) is 27.8 Å². The van der Waals surface area contributed by atoms with Gasteiger partial charge in [0.25, 0.3) is 17.5 Å². The van der Waals surface area contributed by atoms with Gasteiger partial charge in [0.15, 0.2) is 12.1 Å². The quantitative estimate of drug-likeness (QED) is 0.0862. The largest absolute Gasteiger partial charge is 0.508 e. The maximum atomic E-state index is 15.3. The number of pyridine rings is 1. The molecule has 17 nitrogen and oxygen atoms in total. The summed E-state index contributed by atoms with van der Waals surface area (Å²) in [5.41, 5.74) is -3.25. The van der Waals surface area contributed by atoms with E-state index in [2.05, 4.69) is 16.0 Å². The number of β-lactam (4-membered cyclic amide) rings is 1. The van der Waals surface area contributed by atoms with Gasteiger partial charge in [0, 0.05) is 63.5 Å². The summed E-state index contributed by atoms with van der Waals surface area (Å²) in [4.78, 5) is 80.7. The van der Waals surface area contributed by atoms with Crippen LogP contribution in [0.15, 0.2) is 58.7 Å². The van der Waals surface area contributed by atoms with Crippen LogP contribution in [0.1, 0.15) is 28.8 Å². The number of fused-ring (bicyclic) bond motifs is 2. The summed E-state index contributed by atoms with van der Waals surface area (Å²) >= 11 is 0. The third-order valence-corrected chi connectivity index (χ3v) is 9.33. The summed E-state index contributed by atoms with van der Waals surface area (Å²) in [6.45, 7) is 3.68. The number of methoxy groups -OCH3 is 1. The highest BCUT2D eigenvalue weighted by Gasteiger charge is 2.68. The second kappa shape index (κ2) is 14.0. The first-order chi connectivity index (χ1) is 24.8.